The Morgan fingerprint density at radius 1 is 1.64 bits per heavy atom. The molecule has 2 N–H and O–H groups in total. The maximum atomic E-state index is 11.2. The first-order chi connectivity index (χ1) is 6.50. The normalized spacial score (nSPS) is 34.0. The minimum absolute atomic E-state index is 0.270. The van der Waals surface area contributed by atoms with Crippen LogP contribution in [0.15, 0.2) is 0 Å². The van der Waals surface area contributed by atoms with Crippen LogP contribution in [0.4, 0.5) is 0 Å². The van der Waals surface area contributed by atoms with Gasteiger partial charge in [0.15, 0.2) is 0 Å². The van der Waals surface area contributed by atoms with Crippen LogP contribution in [-0.4, -0.2) is 45.8 Å². The van der Waals surface area contributed by atoms with Crippen molar-refractivity contribution in [2.45, 2.75) is 44.0 Å². The molecule has 0 aromatic heterocycles. The average molecular weight is 218 g/mol. The largest absolute Gasteiger partial charge is 0.328 e. The van der Waals surface area contributed by atoms with Crippen molar-refractivity contribution in [2.75, 3.05) is 19.3 Å². The van der Waals surface area contributed by atoms with Gasteiger partial charge in [0.05, 0.1) is 0 Å². The van der Waals surface area contributed by atoms with Gasteiger partial charge in [0.2, 0.25) is 0 Å². The highest BCUT2D eigenvalue weighted by atomic mass is 32.2. The molecule has 1 fully saturated rings. The summed E-state index contributed by atoms with van der Waals surface area (Å²) in [6.45, 7) is 6.27. The van der Waals surface area contributed by atoms with Gasteiger partial charge >= 0.3 is 0 Å². The number of rotatable bonds is 3. The molecule has 0 aromatic rings. The topological polar surface area (TPSA) is 46.3 Å². The van der Waals surface area contributed by atoms with Gasteiger partial charge in [-0.3, -0.25) is 9.11 Å². The molecule has 14 heavy (non-hydrogen) atoms. The Morgan fingerprint density at radius 2 is 2.29 bits per heavy atom. The molecule has 0 aliphatic carbocycles. The lowest BCUT2D eigenvalue weighted by molar-refractivity contribution is 0.149. The molecule has 1 aliphatic heterocycles. The van der Waals surface area contributed by atoms with Gasteiger partial charge in [0, 0.05) is 40.9 Å². The summed E-state index contributed by atoms with van der Waals surface area (Å²) in [4.78, 5) is 2.41. The molecule has 1 aliphatic rings. The van der Waals surface area contributed by atoms with E-state index in [9.17, 15) is 4.21 Å². The molecule has 0 bridgehead atoms. The fraction of sp³-hybridized carbons (Fsp3) is 1.00. The zero-order valence-electron chi connectivity index (χ0n) is 9.40. The Balaban J connectivity index is 2.41. The van der Waals surface area contributed by atoms with E-state index in [0.29, 0.717) is 12.1 Å². The van der Waals surface area contributed by atoms with E-state index in [1.54, 1.807) is 6.26 Å². The molecule has 0 radical (unpaired) electrons. The Morgan fingerprint density at radius 3 is 2.79 bits per heavy atom. The third-order valence-electron chi connectivity index (χ3n) is 3.11. The molecule has 1 rings (SSSR count). The lowest BCUT2D eigenvalue weighted by Gasteiger charge is -2.37. The van der Waals surface area contributed by atoms with Crippen molar-refractivity contribution in [3.8, 4) is 0 Å². The third-order valence-corrected chi connectivity index (χ3v) is 4.39. The summed E-state index contributed by atoms with van der Waals surface area (Å²) in [6, 6.07) is 0.911. The minimum Gasteiger partial charge on any atom is -0.328 e. The van der Waals surface area contributed by atoms with Crippen LogP contribution in [0.5, 0.6) is 0 Å². The SMILES string of the molecule is CC1CC(N)CCN1CC(C)S(C)=O. The Bertz CT molecular complexity index is 210. The van der Waals surface area contributed by atoms with Gasteiger partial charge < -0.3 is 5.73 Å². The smallest absolute Gasteiger partial charge is 0.0444 e. The third kappa shape index (κ3) is 3.33. The predicted octanol–water partition coefficient (Wildman–Crippen LogP) is 0.565. The number of likely N-dealkylation sites (tertiary alicyclic amines) is 1. The Hall–Kier alpha value is 0.0700. The molecule has 0 saturated carbocycles. The lowest BCUT2D eigenvalue weighted by atomic mass is 9.99. The maximum absolute atomic E-state index is 11.2. The van der Waals surface area contributed by atoms with Crippen LogP contribution in [0.3, 0.4) is 0 Å². The highest BCUT2D eigenvalue weighted by molar-refractivity contribution is 7.84. The van der Waals surface area contributed by atoms with E-state index < -0.39 is 10.8 Å². The number of nitrogens with zero attached hydrogens (tertiary/aromatic N) is 1. The zero-order chi connectivity index (χ0) is 10.7. The second-order valence-corrected chi connectivity index (χ2v) is 6.24. The van der Waals surface area contributed by atoms with E-state index in [1.165, 1.54) is 0 Å². The van der Waals surface area contributed by atoms with Gasteiger partial charge in [0.1, 0.15) is 0 Å². The molecule has 4 heteroatoms. The van der Waals surface area contributed by atoms with Crippen molar-refractivity contribution in [1.82, 2.24) is 4.90 Å². The van der Waals surface area contributed by atoms with Crippen LogP contribution in [0.1, 0.15) is 26.7 Å². The van der Waals surface area contributed by atoms with Gasteiger partial charge in [0.25, 0.3) is 0 Å². The van der Waals surface area contributed by atoms with Crippen molar-refractivity contribution in [3.63, 3.8) is 0 Å². The predicted molar refractivity (Wildman–Crippen MR) is 61.8 cm³/mol. The summed E-state index contributed by atoms with van der Waals surface area (Å²) < 4.78 is 11.2. The van der Waals surface area contributed by atoms with Crippen molar-refractivity contribution in [3.05, 3.63) is 0 Å². The van der Waals surface area contributed by atoms with E-state index in [1.807, 2.05) is 0 Å². The minimum atomic E-state index is -0.709. The van der Waals surface area contributed by atoms with Crippen molar-refractivity contribution in [2.24, 2.45) is 5.73 Å². The monoisotopic (exact) mass is 218 g/mol. The molecule has 0 aromatic carbocycles. The van der Waals surface area contributed by atoms with Crippen LogP contribution in [0.25, 0.3) is 0 Å². The molecule has 84 valence electrons. The van der Waals surface area contributed by atoms with Crippen molar-refractivity contribution >= 4 is 10.8 Å². The highest BCUT2D eigenvalue weighted by Crippen LogP contribution is 2.16. The Labute approximate surface area is 89.5 Å². The molecule has 4 unspecified atom stereocenters. The molecule has 1 saturated heterocycles. The molecule has 1 heterocycles. The second kappa shape index (κ2) is 5.24. The van der Waals surface area contributed by atoms with Crippen LogP contribution in [0.2, 0.25) is 0 Å². The van der Waals surface area contributed by atoms with Crippen molar-refractivity contribution < 1.29 is 4.21 Å². The van der Waals surface area contributed by atoms with Crippen LogP contribution < -0.4 is 5.73 Å². The summed E-state index contributed by atoms with van der Waals surface area (Å²) in [5.41, 5.74) is 5.89. The molecule has 3 nitrogen and oxygen atoms in total. The average Bonchev–Trinajstić information content (AvgIpc) is 2.09. The van der Waals surface area contributed by atoms with Gasteiger partial charge in [-0.25, -0.2) is 0 Å². The van der Waals surface area contributed by atoms with E-state index in [0.717, 1.165) is 25.9 Å². The summed E-state index contributed by atoms with van der Waals surface area (Å²) in [5.74, 6) is 0. The lowest BCUT2D eigenvalue weighted by Crippen LogP contribution is -2.48. The van der Waals surface area contributed by atoms with Gasteiger partial charge in [-0.2, -0.15) is 0 Å². The van der Waals surface area contributed by atoms with Crippen LogP contribution >= 0.6 is 0 Å². The summed E-state index contributed by atoms with van der Waals surface area (Å²) >= 11 is 0. The van der Waals surface area contributed by atoms with Gasteiger partial charge in [-0.15, -0.1) is 0 Å². The van der Waals surface area contributed by atoms with E-state index in [2.05, 4.69) is 18.7 Å². The fourth-order valence-corrected chi connectivity index (χ4v) is 2.36. The molecule has 0 amide bonds. The van der Waals surface area contributed by atoms with Crippen molar-refractivity contribution in [1.29, 1.82) is 0 Å². The summed E-state index contributed by atoms with van der Waals surface area (Å²) in [6.07, 6.45) is 3.93. The Kier molecular flexibility index (Phi) is 4.54. The summed E-state index contributed by atoms with van der Waals surface area (Å²) in [5, 5.41) is 0.270. The number of hydrogen-bond donors (Lipinski definition) is 1. The van der Waals surface area contributed by atoms with Crippen LogP contribution in [0, 0.1) is 0 Å². The van der Waals surface area contributed by atoms with Gasteiger partial charge in [-0.1, -0.05) is 0 Å². The standard InChI is InChI=1S/C10H22N2OS/c1-8-6-10(11)4-5-12(8)7-9(2)14(3)13/h8-10H,4-7,11H2,1-3H3. The molecular weight excluding hydrogens is 196 g/mol. The van der Waals surface area contributed by atoms with E-state index in [4.69, 9.17) is 5.73 Å². The first kappa shape index (κ1) is 12.1. The van der Waals surface area contributed by atoms with E-state index in [-0.39, 0.29) is 5.25 Å². The quantitative estimate of drug-likeness (QED) is 0.753. The first-order valence-corrected chi connectivity index (χ1v) is 6.94. The zero-order valence-corrected chi connectivity index (χ0v) is 10.2. The fourth-order valence-electron chi connectivity index (χ4n) is 1.96. The van der Waals surface area contributed by atoms with E-state index >= 15 is 0 Å². The van der Waals surface area contributed by atoms with Gasteiger partial charge in [-0.05, 0) is 33.2 Å². The maximum Gasteiger partial charge on any atom is 0.0444 e. The van der Waals surface area contributed by atoms with Crippen LogP contribution in [-0.2, 0) is 10.8 Å². The number of nitrogens with two attached hydrogens (primary N) is 1. The molecular formula is C10H22N2OS. The number of hydrogen-bond acceptors (Lipinski definition) is 3. The second-order valence-electron chi connectivity index (χ2n) is 4.44. The highest BCUT2D eigenvalue weighted by Gasteiger charge is 2.24. The molecule has 0 spiro atoms. The summed E-state index contributed by atoms with van der Waals surface area (Å²) in [7, 11) is -0.709. The molecule has 4 atom stereocenters. The first-order valence-electron chi connectivity index (χ1n) is 5.32. The number of piperidine rings is 1.